The molecule has 1 aliphatic heterocycles. The fourth-order valence-electron chi connectivity index (χ4n) is 3.05. The summed E-state index contributed by atoms with van der Waals surface area (Å²) in [6.07, 6.45) is 7.71. The van der Waals surface area contributed by atoms with Gasteiger partial charge < -0.3 is 14.2 Å². The summed E-state index contributed by atoms with van der Waals surface area (Å²) in [5.74, 6) is -0.667. The number of aryl methyl sites for hydroxylation is 1. The number of rotatable bonds is 5. The van der Waals surface area contributed by atoms with Gasteiger partial charge in [0, 0.05) is 12.3 Å². The average Bonchev–Trinajstić information content (AvgIpc) is 3.40. The molecule has 1 atom stereocenters. The summed E-state index contributed by atoms with van der Waals surface area (Å²) in [6, 6.07) is 0. The normalized spacial score (nSPS) is 16.1. The number of aromatic nitrogens is 4. The lowest BCUT2D eigenvalue weighted by atomic mass is 10.1. The Morgan fingerprint density at radius 2 is 1.86 bits per heavy atom. The van der Waals surface area contributed by atoms with Crippen molar-refractivity contribution in [3.05, 3.63) is 34.9 Å². The number of carbonyl (C=O) groups is 2. The van der Waals surface area contributed by atoms with E-state index < -0.39 is 0 Å². The highest BCUT2D eigenvalue weighted by molar-refractivity contribution is 5.90. The minimum atomic E-state index is -0.337. The van der Waals surface area contributed by atoms with E-state index in [-0.39, 0.29) is 18.2 Å². The molecule has 1 fully saturated rings. The number of ether oxygens (including phenoxy) is 3. The number of aromatic amines is 1. The topological polar surface area (TPSA) is 108 Å². The number of nitrogens with zero attached hydrogens (tertiary/aromatic N) is 3. The zero-order valence-electron chi connectivity index (χ0n) is 16.9. The lowest BCUT2D eigenvalue weighted by molar-refractivity contribution is -0.0410. The Bertz CT molecular complexity index is 777. The van der Waals surface area contributed by atoms with Crippen molar-refractivity contribution in [1.29, 1.82) is 0 Å². The minimum Gasteiger partial charge on any atom is -0.465 e. The molecule has 3 rings (SSSR count). The van der Waals surface area contributed by atoms with Crippen LogP contribution in [0, 0.1) is 0 Å². The molecule has 154 valence electrons. The van der Waals surface area contributed by atoms with Gasteiger partial charge in [0.25, 0.3) is 0 Å². The Labute approximate surface area is 164 Å². The molecule has 28 heavy (non-hydrogen) atoms. The first-order valence-corrected chi connectivity index (χ1v) is 9.44. The van der Waals surface area contributed by atoms with E-state index in [0.29, 0.717) is 11.1 Å². The lowest BCUT2D eigenvalue weighted by Gasteiger charge is -2.24. The van der Waals surface area contributed by atoms with Crippen molar-refractivity contribution >= 4 is 11.9 Å². The molecule has 1 aliphatic rings. The molecule has 9 heteroatoms. The minimum absolute atomic E-state index is 0.0305. The highest BCUT2D eigenvalue weighted by atomic mass is 16.5. The highest BCUT2D eigenvalue weighted by Crippen LogP contribution is 2.25. The quantitative estimate of drug-likeness (QED) is 0.779. The maximum atomic E-state index is 11.6. The van der Waals surface area contributed by atoms with Crippen LogP contribution in [0.5, 0.6) is 0 Å². The highest BCUT2D eigenvalue weighted by Gasteiger charge is 2.23. The van der Waals surface area contributed by atoms with Crippen LogP contribution in [0.2, 0.25) is 0 Å². The van der Waals surface area contributed by atoms with Crippen LogP contribution in [0.1, 0.15) is 71.4 Å². The van der Waals surface area contributed by atoms with Crippen molar-refractivity contribution in [3.8, 4) is 0 Å². The van der Waals surface area contributed by atoms with Gasteiger partial charge in [0.2, 0.25) is 0 Å². The molecule has 0 amide bonds. The number of carbonyl (C=O) groups excluding carboxylic acids is 2. The van der Waals surface area contributed by atoms with E-state index >= 15 is 0 Å². The Morgan fingerprint density at radius 3 is 2.43 bits per heavy atom. The van der Waals surface area contributed by atoms with E-state index in [4.69, 9.17) is 9.47 Å². The number of methoxy groups -OCH3 is 2. The zero-order valence-corrected chi connectivity index (χ0v) is 16.9. The van der Waals surface area contributed by atoms with Crippen molar-refractivity contribution in [2.24, 2.45) is 0 Å². The van der Waals surface area contributed by atoms with Gasteiger partial charge in [-0.2, -0.15) is 10.2 Å². The van der Waals surface area contributed by atoms with Crippen LogP contribution in [-0.4, -0.2) is 52.7 Å². The van der Waals surface area contributed by atoms with E-state index in [0.717, 1.165) is 50.1 Å². The Hall–Kier alpha value is -2.68. The number of nitrogens with one attached hydrogen (secondary N) is 1. The average molecular weight is 392 g/mol. The first-order chi connectivity index (χ1) is 13.6. The summed E-state index contributed by atoms with van der Waals surface area (Å²) in [5.41, 5.74) is 2.78. The summed E-state index contributed by atoms with van der Waals surface area (Å²) in [6.45, 7) is 4.71. The van der Waals surface area contributed by atoms with Gasteiger partial charge in [-0.05, 0) is 32.1 Å². The smallest absolute Gasteiger partial charge is 0.341 e. The van der Waals surface area contributed by atoms with Crippen molar-refractivity contribution in [3.63, 3.8) is 0 Å². The van der Waals surface area contributed by atoms with Gasteiger partial charge in [0.05, 0.1) is 32.3 Å². The molecule has 0 saturated carbocycles. The Balaban J connectivity index is 0.000000221. The fraction of sp³-hybridized carbons (Fsp3) is 0.579. The molecule has 0 bridgehead atoms. The molecular formula is C19H28N4O5. The Kier molecular flexibility index (Phi) is 8.19. The molecule has 2 aromatic rings. The lowest BCUT2D eigenvalue weighted by Crippen LogP contribution is -2.21. The molecule has 1 unspecified atom stereocenters. The van der Waals surface area contributed by atoms with Gasteiger partial charge in [-0.25, -0.2) is 14.3 Å². The second-order valence-electron chi connectivity index (χ2n) is 6.22. The molecule has 0 aromatic carbocycles. The molecule has 2 aromatic heterocycles. The van der Waals surface area contributed by atoms with E-state index in [9.17, 15) is 9.59 Å². The van der Waals surface area contributed by atoms with Crippen molar-refractivity contribution in [2.75, 3.05) is 20.8 Å². The summed E-state index contributed by atoms with van der Waals surface area (Å²) in [4.78, 5) is 22.5. The van der Waals surface area contributed by atoms with Gasteiger partial charge >= 0.3 is 11.9 Å². The Morgan fingerprint density at radius 1 is 1.14 bits per heavy atom. The van der Waals surface area contributed by atoms with Gasteiger partial charge in [-0.1, -0.05) is 13.8 Å². The molecular weight excluding hydrogens is 364 g/mol. The van der Waals surface area contributed by atoms with E-state index in [1.807, 2.05) is 18.5 Å². The largest absolute Gasteiger partial charge is 0.465 e. The summed E-state index contributed by atoms with van der Waals surface area (Å²) < 4.78 is 16.8. The standard InChI is InChI=1S/C12H18N2O3.C7H10N2O2/c1-3-10-9(12(15)16-2)8-13-14(10)11-6-4-5-7-17-11;1-3-6-5(4-8-9-6)7(10)11-2/h8,11H,3-7H2,1-2H3;4H,3H2,1-2H3,(H,8,9). The third-order valence-corrected chi connectivity index (χ3v) is 4.54. The fourth-order valence-corrected chi connectivity index (χ4v) is 3.05. The van der Waals surface area contributed by atoms with E-state index in [1.54, 1.807) is 6.20 Å². The van der Waals surface area contributed by atoms with Crippen LogP contribution < -0.4 is 0 Å². The second kappa shape index (κ2) is 10.6. The summed E-state index contributed by atoms with van der Waals surface area (Å²) in [7, 11) is 2.74. The first kappa shape index (κ1) is 21.6. The maximum Gasteiger partial charge on any atom is 0.341 e. The van der Waals surface area contributed by atoms with Crippen molar-refractivity contribution in [1.82, 2.24) is 20.0 Å². The van der Waals surface area contributed by atoms with Crippen LogP contribution >= 0.6 is 0 Å². The van der Waals surface area contributed by atoms with Gasteiger partial charge in [0.15, 0.2) is 0 Å². The van der Waals surface area contributed by atoms with Gasteiger partial charge in [0.1, 0.15) is 17.4 Å². The van der Waals surface area contributed by atoms with Crippen LogP contribution in [0.4, 0.5) is 0 Å². The van der Waals surface area contributed by atoms with Gasteiger partial charge in [-0.3, -0.25) is 5.10 Å². The van der Waals surface area contributed by atoms with Crippen LogP contribution in [-0.2, 0) is 27.1 Å². The molecule has 0 radical (unpaired) electrons. The van der Waals surface area contributed by atoms with Crippen LogP contribution in [0.25, 0.3) is 0 Å². The molecule has 1 saturated heterocycles. The molecule has 0 spiro atoms. The second-order valence-corrected chi connectivity index (χ2v) is 6.22. The van der Waals surface area contributed by atoms with E-state index in [1.165, 1.54) is 20.4 Å². The van der Waals surface area contributed by atoms with Crippen LogP contribution in [0.15, 0.2) is 12.4 Å². The van der Waals surface area contributed by atoms with Gasteiger partial charge in [-0.15, -0.1) is 0 Å². The maximum absolute atomic E-state index is 11.6. The zero-order chi connectivity index (χ0) is 20.5. The SMILES string of the molecule is CCc1[nH]ncc1C(=O)OC.CCc1c(C(=O)OC)cnn1C1CCCCO1. The summed E-state index contributed by atoms with van der Waals surface area (Å²) in [5, 5.41) is 10.7. The predicted octanol–water partition coefficient (Wildman–Crippen LogP) is 2.69. The molecule has 9 nitrogen and oxygen atoms in total. The monoisotopic (exact) mass is 392 g/mol. The number of hydrogen-bond acceptors (Lipinski definition) is 7. The third kappa shape index (κ3) is 4.98. The number of H-pyrrole nitrogens is 1. The predicted molar refractivity (Wildman–Crippen MR) is 101 cm³/mol. The number of hydrogen-bond donors (Lipinski definition) is 1. The molecule has 3 heterocycles. The van der Waals surface area contributed by atoms with E-state index in [2.05, 4.69) is 20.0 Å². The summed E-state index contributed by atoms with van der Waals surface area (Å²) >= 11 is 0. The van der Waals surface area contributed by atoms with Crippen molar-refractivity contribution < 1.29 is 23.8 Å². The molecule has 1 N–H and O–H groups in total. The van der Waals surface area contributed by atoms with Crippen LogP contribution in [0.3, 0.4) is 0 Å². The first-order valence-electron chi connectivity index (χ1n) is 9.44. The molecule has 0 aliphatic carbocycles. The van der Waals surface area contributed by atoms with Crippen molar-refractivity contribution in [2.45, 2.75) is 52.2 Å². The third-order valence-electron chi connectivity index (χ3n) is 4.54. The number of esters is 2.